The van der Waals surface area contributed by atoms with Gasteiger partial charge in [-0.2, -0.15) is 0 Å². The highest BCUT2D eigenvalue weighted by molar-refractivity contribution is 8.33. The molecule has 1 nitrogen and oxygen atoms in total. The van der Waals surface area contributed by atoms with E-state index in [0.29, 0.717) is 5.25 Å². The van der Waals surface area contributed by atoms with Gasteiger partial charge in [0.1, 0.15) is 0 Å². The maximum atomic E-state index is 3.56. The van der Waals surface area contributed by atoms with E-state index in [0.717, 1.165) is 5.69 Å². The molecule has 0 heterocycles. The highest BCUT2D eigenvalue weighted by atomic mass is 32.3. The summed E-state index contributed by atoms with van der Waals surface area (Å²) in [5.41, 5.74) is 5.04. The monoisotopic (exact) mass is 301 g/mol. The van der Waals surface area contributed by atoms with Crippen molar-refractivity contribution < 1.29 is 0 Å². The molecule has 1 N–H and O–H groups in total. The average Bonchev–Trinajstić information content (AvgIpc) is 2.43. The second-order valence-electron chi connectivity index (χ2n) is 6.38. The van der Waals surface area contributed by atoms with Crippen LogP contribution in [0.25, 0.3) is 0 Å². The standard InChI is InChI=1S/C19H27NS/c1-14(2)21(5,6)18-12-15(3)19(16(4)13-18)20-17-10-8-7-9-11-17/h7-14,20H,1-6H3. The van der Waals surface area contributed by atoms with Crippen LogP contribution in [0.15, 0.2) is 47.4 Å². The Kier molecular flexibility index (Phi) is 4.67. The number of anilines is 2. The molecule has 0 amide bonds. The van der Waals surface area contributed by atoms with Crippen molar-refractivity contribution in [1.29, 1.82) is 0 Å². The summed E-state index contributed by atoms with van der Waals surface area (Å²) in [4.78, 5) is 1.51. The van der Waals surface area contributed by atoms with Crippen molar-refractivity contribution in [2.75, 3.05) is 17.8 Å². The first kappa shape index (κ1) is 16.0. The van der Waals surface area contributed by atoms with Crippen LogP contribution in [-0.2, 0) is 0 Å². The van der Waals surface area contributed by atoms with Gasteiger partial charge in [-0.3, -0.25) is 0 Å². The van der Waals surface area contributed by atoms with E-state index < -0.39 is 10.0 Å². The van der Waals surface area contributed by atoms with Gasteiger partial charge in [-0.15, -0.1) is 0 Å². The van der Waals surface area contributed by atoms with Crippen LogP contribution in [0.5, 0.6) is 0 Å². The van der Waals surface area contributed by atoms with Crippen molar-refractivity contribution in [3.63, 3.8) is 0 Å². The number of hydrogen-bond donors (Lipinski definition) is 1. The normalized spacial score (nSPS) is 12.5. The Morgan fingerprint density at radius 2 is 1.43 bits per heavy atom. The van der Waals surface area contributed by atoms with Gasteiger partial charge >= 0.3 is 0 Å². The minimum atomic E-state index is -0.739. The Labute approximate surface area is 131 Å². The van der Waals surface area contributed by atoms with E-state index in [-0.39, 0.29) is 0 Å². The average molecular weight is 301 g/mol. The Bertz CT molecular complexity index is 592. The van der Waals surface area contributed by atoms with Crippen LogP contribution in [0.4, 0.5) is 11.4 Å². The molecule has 0 radical (unpaired) electrons. The lowest BCUT2D eigenvalue weighted by Crippen LogP contribution is -2.10. The fraction of sp³-hybridized carbons (Fsp3) is 0.368. The molecule has 0 saturated carbocycles. The SMILES string of the molecule is Cc1cc(S(C)(C)C(C)C)cc(C)c1Nc1ccccc1. The molecule has 114 valence electrons. The quantitative estimate of drug-likeness (QED) is 0.743. The molecule has 2 heteroatoms. The number of para-hydroxylation sites is 1. The van der Waals surface area contributed by atoms with Gasteiger partial charge in [-0.1, -0.05) is 32.0 Å². The van der Waals surface area contributed by atoms with Crippen LogP contribution < -0.4 is 5.32 Å². The van der Waals surface area contributed by atoms with E-state index in [4.69, 9.17) is 0 Å². The summed E-state index contributed by atoms with van der Waals surface area (Å²) in [6, 6.07) is 15.1. The molecular formula is C19H27NS. The largest absolute Gasteiger partial charge is 0.355 e. The Morgan fingerprint density at radius 1 is 0.905 bits per heavy atom. The fourth-order valence-electron chi connectivity index (χ4n) is 2.36. The van der Waals surface area contributed by atoms with Gasteiger partial charge in [0.25, 0.3) is 0 Å². The predicted octanol–water partition coefficient (Wildman–Crippen LogP) is 5.88. The Hall–Kier alpha value is -1.41. The number of rotatable bonds is 4. The maximum Gasteiger partial charge on any atom is 0.0444 e. The zero-order chi connectivity index (χ0) is 15.6. The smallest absolute Gasteiger partial charge is 0.0444 e. The number of nitrogens with one attached hydrogen (secondary N) is 1. The predicted molar refractivity (Wildman–Crippen MR) is 98.5 cm³/mol. The molecule has 2 aromatic carbocycles. The molecule has 2 rings (SSSR count). The second kappa shape index (κ2) is 6.15. The number of benzene rings is 2. The van der Waals surface area contributed by atoms with Crippen molar-refractivity contribution in [3.05, 3.63) is 53.6 Å². The zero-order valence-electron chi connectivity index (χ0n) is 14.0. The molecule has 0 spiro atoms. The molecule has 0 aliphatic heterocycles. The molecule has 0 aliphatic rings. The molecule has 0 fully saturated rings. The minimum absolute atomic E-state index is 0.698. The molecule has 2 aromatic rings. The molecule has 21 heavy (non-hydrogen) atoms. The third kappa shape index (κ3) is 3.44. The summed E-state index contributed by atoms with van der Waals surface area (Å²) in [5.74, 6) is 0. The molecule has 0 aromatic heterocycles. The molecule has 0 atom stereocenters. The van der Waals surface area contributed by atoms with Gasteiger partial charge in [0.05, 0.1) is 0 Å². The van der Waals surface area contributed by atoms with E-state index in [1.54, 1.807) is 0 Å². The highest BCUT2D eigenvalue weighted by Gasteiger charge is 2.20. The van der Waals surface area contributed by atoms with Crippen molar-refractivity contribution in [2.24, 2.45) is 0 Å². The van der Waals surface area contributed by atoms with Crippen molar-refractivity contribution in [2.45, 2.75) is 37.8 Å². The van der Waals surface area contributed by atoms with Crippen LogP contribution >= 0.6 is 10.0 Å². The Balaban J connectivity index is 2.39. The van der Waals surface area contributed by atoms with Crippen LogP contribution in [0.1, 0.15) is 25.0 Å². The van der Waals surface area contributed by atoms with Crippen molar-refractivity contribution >= 4 is 21.4 Å². The van der Waals surface area contributed by atoms with E-state index in [9.17, 15) is 0 Å². The summed E-state index contributed by atoms with van der Waals surface area (Å²) in [5, 5.41) is 4.26. The Morgan fingerprint density at radius 3 is 1.90 bits per heavy atom. The van der Waals surface area contributed by atoms with E-state index in [2.05, 4.69) is 81.9 Å². The van der Waals surface area contributed by atoms with Gasteiger partial charge in [0.15, 0.2) is 0 Å². The summed E-state index contributed by atoms with van der Waals surface area (Å²) >= 11 is 0. The van der Waals surface area contributed by atoms with Crippen LogP contribution in [0.3, 0.4) is 0 Å². The summed E-state index contributed by atoms with van der Waals surface area (Å²) in [6.07, 6.45) is 4.83. The van der Waals surface area contributed by atoms with Gasteiger partial charge < -0.3 is 5.32 Å². The minimum Gasteiger partial charge on any atom is -0.355 e. The summed E-state index contributed by atoms with van der Waals surface area (Å²) in [6.45, 7) is 9.07. The zero-order valence-corrected chi connectivity index (χ0v) is 14.8. The first-order valence-corrected chi connectivity index (χ1v) is 9.99. The molecule has 0 saturated heterocycles. The van der Waals surface area contributed by atoms with Gasteiger partial charge in [0.2, 0.25) is 0 Å². The molecule has 0 unspecified atom stereocenters. The molecule has 0 bridgehead atoms. The fourth-order valence-corrected chi connectivity index (χ4v) is 3.87. The van der Waals surface area contributed by atoms with Gasteiger partial charge in [-0.25, -0.2) is 10.0 Å². The number of hydrogen-bond acceptors (Lipinski definition) is 1. The van der Waals surface area contributed by atoms with Crippen LogP contribution in [-0.4, -0.2) is 17.8 Å². The topological polar surface area (TPSA) is 12.0 Å². The lowest BCUT2D eigenvalue weighted by molar-refractivity contribution is 1.08. The first-order valence-electron chi connectivity index (χ1n) is 7.48. The van der Waals surface area contributed by atoms with E-state index >= 15 is 0 Å². The van der Waals surface area contributed by atoms with Crippen LogP contribution in [0.2, 0.25) is 0 Å². The van der Waals surface area contributed by atoms with Gasteiger partial charge in [-0.05, 0) is 71.9 Å². The lowest BCUT2D eigenvalue weighted by atomic mass is 10.1. The maximum absolute atomic E-state index is 3.56. The van der Waals surface area contributed by atoms with Gasteiger partial charge in [0, 0.05) is 11.4 Å². The third-order valence-electron chi connectivity index (χ3n) is 4.34. The highest BCUT2D eigenvalue weighted by Crippen LogP contribution is 2.54. The third-order valence-corrected chi connectivity index (χ3v) is 8.14. The molecular weight excluding hydrogens is 274 g/mol. The summed E-state index contributed by atoms with van der Waals surface area (Å²) in [7, 11) is -0.739. The van der Waals surface area contributed by atoms with Crippen molar-refractivity contribution in [1.82, 2.24) is 0 Å². The second-order valence-corrected chi connectivity index (χ2v) is 10.6. The van der Waals surface area contributed by atoms with E-state index in [1.807, 2.05) is 6.07 Å². The first-order chi connectivity index (χ1) is 9.82. The summed E-state index contributed by atoms with van der Waals surface area (Å²) < 4.78 is 0. The van der Waals surface area contributed by atoms with Crippen LogP contribution in [0, 0.1) is 13.8 Å². The van der Waals surface area contributed by atoms with E-state index in [1.165, 1.54) is 21.7 Å². The van der Waals surface area contributed by atoms with Crippen molar-refractivity contribution in [3.8, 4) is 0 Å². The number of aryl methyl sites for hydroxylation is 2. The lowest BCUT2D eigenvalue weighted by Gasteiger charge is -2.37. The molecule has 0 aliphatic carbocycles.